The highest BCUT2D eigenvalue weighted by Crippen LogP contribution is 2.23. The minimum atomic E-state index is -3.66. The van der Waals surface area contributed by atoms with E-state index in [1.54, 1.807) is 24.3 Å². The Kier molecular flexibility index (Phi) is 5.82. The molecule has 2 aromatic carbocycles. The van der Waals surface area contributed by atoms with Gasteiger partial charge in [0, 0.05) is 18.1 Å². The number of sulfonamides is 1. The first kappa shape index (κ1) is 17.5. The first-order chi connectivity index (χ1) is 11.0. The average Bonchev–Trinajstić information content (AvgIpc) is 2.56. The molecule has 0 spiro atoms. The van der Waals surface area contributed by atoms with Crippen LogP contribution in [-0.2, 0) is 16.6 Å². The van der Waals surface area contributed by atoms with Crippen LogP contribution in [0.3, 0.4) is 0 Å². The highest BCUT2D eigenvalue weighted by atomic mass is 35.5. The zero-order chi connectivity index (χ0) is 16.9. The lowest BCUT2D eigenvalue weighted by atomic mass is 10.2. The van der Waals surface area contributed by atoms with Crippen LogP contribution in [0.25, 0.3) is 0 Å². The van der Waals surface area contributed by atoms with E-state index in [1.807, 2.05) is 18.2 Å². The van der Waals surface area contributed by atoms with E-state index in [1.165, 1.54) is 23.5 Å². The molecule has 2 aromatic rings. The number of hydrogen-bond acceptors (Lipinski definition) is 3. The van der Waals surface area contributed by atoms with Gasteiger partial charge in [-0.3, -0.25) is 0 Å². The maximum absolute atomic E-state index is 12.8. The molecule has 0 saturated heterocycles. The normalized spacial score (nSPS) is 11.4. The van der Waals surface area contributed by atoms with E-state index >= 15 is 0 Å². The second-order valence-electron chi connectivity index (χ2n) is 4.85. The largest absolute Gasteiger partial charge is 0.497 e. The molecule has 6 heteroatoms. The molecular formula is C17H18ClNO3S. The van der Waals surface area contributed by atoms with Crippen molar-refractivity contribution < 1.29 is 13.2 Å². The monoisotopic (exact) mass is 351 g/mol. The molecule has 0 fully saturated rings. The molecule has 2 rings (SSSR count). The van der Waals surface area contributed by atoms with Gasteiger partial charge in [-0.05, 0) is 35.9 Å². The Morgan fingerprint density at radius 2 is 1.83 bits per heavy atom. The third-order valence-corrected chi connectivity index (χ3v) is 5.53. The lowest BCUT2D eigenvalue weighted by Crippen LogP contribution is -2.31. The molecule has 0 aliphatic carbocycles. The van der Waals surface area contributed by atoms with Crippen molar-refractivity contribution in [2.45, 2.75) is 11.4 Å². The van der Waals surface area contributed by atoms with Gasteiger partial charge >= 0.3 is 0 Å². The first-order valence-electron chi connectivity index (χ1n) is 6.97. The van der Waals surface area contributed by atoms with Gasteiger partial charge in [0.2, 0.25) is 10.0 Å². The van der Waals surface area contributed by atoms with Gasteiger partial charge in [0.25, 0.3) is 0 Å². The van der Waals surface area contributed by atoms with Crippen molar-refractivity contribution in [1.29, 1.82) is 0 Å². The molecule has 0 atom stereocenters. The molecule has 0 unspecified atom stereocenters. The van der Waals surface area contributed by atoms with Gasteiger partial charge in [-0.1, -0.05) is 35.9 Å². The number of benzene rings is 2. The SMILES string of the molecule is C=CCN(Cc1ccccc1Cl)S(=O)(=O)c1ccc(OC)cc1. The van der Waals surface area contributed by atoms with Gasteiger partial charge in [-0.2, -0.15) is 4.31 Å². The minimum Gasteiger partial charge on any atom is -0.497 e. The maximum Gasteiger partial charge on any atom is 0.243 e. The number of hydrogen-bond donors (Lipinski definition) is 0. The summed E-state index contributed by atoms with van der Waals surface area (Å²) in [5.41, 5.74) is 0.744. The van der Waals surface area contributed by atoms with E-state index < -0.39 is 10.0 Å². The molecule has 0 saturated carbocycles. The zero-order valence-corrected chi connectivity index (χ0v) is 14.3. The van der Waals surface area contributed by atoms with Crippen molar-refractivity contribution in [2.24, 2.45) is 0 Å². The van der Waals surface area contributed by atoms with Crippen LogP contribution in [0.4, 0.5) is 0 Å². The fourth-order valence-corrected chi connectivity index (χ4v) is 3.69. The Morgan fingerprint density at radius 3 is 2.39 bits per heavy atom. The quantitative estimate of drug-likeness (QED) is 0.714. The van der Waals surface area contributed by atoms with E-state index in [-0.39, 0.29) is 18.0 Å². The molecule has 0 N–H and O–H groups in total. The lowest BCUT2D eigenvalue weighted by Gasteiger charge is -2.21. The fourth-order valence-electron chi connectivity index (χ4n) is 2.11. The maximum atomic E-state index is 12.8. The third kappa shape index (κ3) is 4.13. The van der Waals surface area contributed by atoms with E-state index in [0.717, 1.165) is 5.56 Å². The molecule has 4 nitrogen and oxygen atoms in total. The number of methoxy groups -OCH3 is 1. The summed E-state index contributed by atoms with van der Waals surface area (Å²) in [6, 6.07) is 13.5. The van der Waals surface area contributed by atoms with Gasteiger partial charge in [0.1, 0.15) is 5.75 Å². The highest BCUT2D eigenvalue weighted by Gasteiger charge is 2.24. The van der Waals surface area contributed by atoms with Crippen LogP contribution in [0, 0.1) is 0 Å². The Bertz CT molecular complexity index is 773. The number of ether oxygens (including phenoxy) is 1. The van der Waals surface area contributed by atoms with Gasteiger partial charge in [-0.15, -0.1) is 6.58 Å². The van der Waals surface area contributed by atoms with Crippen molar-refractivity contribution in [2.75, 3.05) is 13.7 Å². The van der Waals surface area contributed by atoms with Crippen LogP contribution < -0.4 is 4.74 Å². The van der Waals surface area contributed by atoms with Crippen LogP contribution in [0.15, 0.2) is 66.1 Å². The first-order valence-corrected chi connectivity index (χ1v) is 8.79. The molecule has 0 amide bonds. The Balaban J connectivity index is 2.34. The van der Waals surface area contributed by atoms with E-state index in [0.29, 0.717) is 10.8 Å². The summed E-state index contributed by atoms with van der Waals surface area (Å²) in [7, 11) is -2.12. The van der Waals surface area contributed by atoms with Crippen molar-refractivity contribution >= 4 is 21.6 Å². The average molecular weight is 352 g/mol. The molecule has 0 bridgehead atoms. The lowest BCUT2D eigenvalue weighted by molar-refractivity contribution is 0.414. The van der Waals surface area contributed by atoms with Crippen molar-refractivity contribution in [3.63, 3.8) is 0 Å². The smallest absolute Gasteiger partial charge is 0.243 e. The molecular weight excluding hydrogens is 334 g/mol. The van der Waals surface area contributed by atoms with Gasteiger partial charge < -0.3 is 4.74 Å². The van der Waals surface area contributed by atoms with Gasteiger partial charge in [0.05, 0.1) is 12.0 Å². The summed E-state index contributed by atoms with van der Waals surface area (Å²) < 4.78 is 32.1. The second kappa shape index (κ2) is 7.64. The molecule has 0 aliphatic heterocycles. The molecule has 0 aromatic heterocycles. The van der Waals surface area contributed by atoms with E-state index in [9.17, 15) is 8.42 Å². The standard InChI is InChI=1S/C17H18ClNO3S/c1-3-12-19(13-14-6-4-5-7-17(14)18)23(20,21)16-10-8-15(22-2)9-11-16/h3-11H,1,12-13H2,2H3. The van der Waals surface area contributed by atoms with Gasteiger partial charge in [-0.25, -0.2) is 8.42 Å². The van der Waals surface area contributed by atoms with Crippen molar-refractivity contribution in [3.05, 3.63) is 71.8 Å². The summed E-state index contributed by atoms with van der Waals surface area (Å²) in [6.07, 6.45) is 1.55. The predicted octanol–water partition coefficient (Wildman–Crippen LogP) is 3.73. The van der Waals surface area contributed by atoms with Crippen molar-refractivity contribution in [1.82, 2.24) is 4.31 Å². The molecule has 23 heavy (non-hydrogen) atoms. The Morgan fingerprint density at radius 1 is 1.17 bits per heavy atom. The molecule has 0 radical (unpaired) electrons. The summed E-state index contributed by atoms with van der Waals surface area (Å²) >= 11 is 6.14. The topological polar surface area (TPSA) is 46.6 Å². The van der Waals surface area contributed by atoms with Crippen LogP contribution in [0.1, 0.15) is 5.56 Å². The number of halogens is 1. The summed E-state index contributed by atoms with van der Waals surface area (Å²) in [6.45, 7) is 4.01. The summed E-state index contributed by atoms with van der Waals surface area (Å²) in [5, 5.41) is 0.534. The zero-order valence-electron chi connectivity index (χ0n) is 12.8. The van der Waals surface area contributed by atoms with Crippen LogP contribution in [-0.4, -0.2) is 26.4 Å². The number of nitrogens with zero attached hydrogens (tertiary/aromatic N) is 1. The van der Waals surface area contributed by atoms with Crippen molar-refractivity contribution in [3.8, 4) is 5.75 Å². The highest BCUT2D eigenvalue weighted by molar-refractivity contribution is 7.89. The number of rotatable bonds is 7. The molecule has 0 aliphatic rings. The van der Waals surface area contributed by atoms with E-state index in [4.69, 9.17) is 16.3 Å². The Labute approximate surface area is 142 Å². The van der Waals surface area contributed by atoms with E-state index in [2.05, 4.69) is 6.58 Å². The van der Waals surface area contributed by atoms with Crippen LogP contribution >= 0.6 is 11.6 Å². The fraction of sp³-hybridized carbons (Fsp3) is 0.176. The molecule has 0 heterocycles. The summed E-state index contributed by atoms with van der Waals surface area (Å²) in [5.74, 6) is 0.602. The predicted molar refractivity (Wildman–Crippen MR) is 92.2 cm³/mol. The Hall–Kier alpha value is -1.82. The third-order valence-electron chi connectivity index (χ3n) is 3.33. The second-order valence-corrected chi connectivity index (χ2v) is 7.20. The van der Waals surface area contributed by atoms with Crippen LogP contribution in [0.5, 0.6) is 5.75 Å². The minimum absolute atomic E-state index is 0.181. The molecule has 122 valence electrons. The van der Waals surface area contributed by atoms with Gasteiger partial charge in [0.15, 0.2) is 0 Å². The van der Waals surface area contributed by atoms with Crippen LogP contribution in [0.2, 0.25) is 5.02 Å². The summed E-state index contributed by atoms with van der Waals surface area (Å²) in [4.78, 5) is 0.201.